The summed E-state index contributed by atoms with van der Waals surface area (Å²) in [6.45, 7) is 7.38. The first-order chi connectivity index (χ1) is 35.8. The minimum Gasteiger partial charge on any atom is -0.328 e. The second kappa shape index (κ2) is 30.6. The van der Waals surface area contributed by atoms with Crippen molar-refractivity contribution in [1.82, 2.24) is 0 Å². The van der Waals surface area contributed by atoms with Crippen molar-refractivity contribution < 1.29 is 92.3 Å². The lowest BCUT2D eigenvalue weighted by Gasteiger charge is -2.44. The van der Waals surface area contributed by atoms with Crippen LogP contribution in [0.1, 0.15) is 168 Å². The van der Waals surface area contributed by atoms with Crippen LogP contribution in [-0.4, -0.2) is 37.8 Å². The molecule has 0 heterocycles. The highest BCUT2D eigenvalue weighted by molar-refractivity contribution is 7.20. The van der Waals surface area contributed by atoms with Gasteiger partial charge in [-0.1, -0.05) is 142 Å². The molecule has 0 fully saturated rings. The van der Waals surface area contributed by atoms with Gasteiger partial charge in [-0.25, -0.2) is 87.8 Å². The van der Waals surface area contributed by atoms with E-state index >= 15 is 35.1 Å². The van der Waals surface area contributed by atoms with E-state index in [0.717, 1.165) is 0 Å². The van der Waals surface area contributed by atoms with Crippen molar-refractivity contribution in [2.24, 2.45) is 0 Å². The maximum absolute atomic E-state index is 15.4. The number of quaternary nitrogens is 1. The first kappa shape index (κ1) is 65.8. The van der Waals surface area contributed by atoms with Gasteiger partial charge < -0.3 is 4.48 Å². The summed E-state index contributed by atoms with van der Waals surface area (Å²) in [4.78, 5) is 0. The molecule has 0 unspecified atom stereocenters. The summed E-state index contributed by atoms with van der Waals surface area (Å²) < 4.78 is 295. The molecule has 0 spiro atoms. The Bertz CT molecular complexity index is 2150. The Morgan fingerprint density at radius 3 is 0.500 bits per heavy atom. The molecule has 4 aromatic rings. The molecule has 0 atom stereocenters. The molecule has 22 heteroatoms. The van der Waals surface area contributed by atoms with Gasteiger partial charge in [-0.15, -0.1) is 21.9 Å². The molecule has 0 N–H and O–H groups in total. The molecule has 4 aromatic carbocycles. The molecule has 0 saturated carbocycles. The van der Waals surface area contributed by atoms with Crippen LogP contribution in [0.15, 0.2) is 0 Å². The van der Waals surface area contributed by atoms with E-state index in [1.54, 1.807) is 0 Å². The van der Waals surface area contributed by atoms with Crippen LogP contribution >= 0.6 is 0 Å². The zero-order valence-electron chi connectivity index (χ0n) is 43.0. The number of benzene rings is 4. The molecule has 0 aliphatic carbocycles. The summed E-state index contributed by atoms with van der Waals surface area (Å²) in [5, 5.41) is 0. The number of hydrogen-bond donors (Lipinski definition) is 0. The average molecular weight is 1120 g/mol. The van der Waals surface area contributed by atoms with Gasteiger partial charge in [-0.2, -0.15) is 0 Å². The highest BCUT2D eigenvalue weighted by Gasteiger charge is 2.52. The second-order valence-corrected chi connectivity index (χ2v) is 20.0. The summed E-state index contributed by atoms with van der Waals surface area (Å²) in [6, 6.07) is 0. The molecule has 1 nitrogen and oxygen atoms in total. The van der Waals surface area contributed by atoms with Gasteiger partial charge in [-0.05, 0) is 25.7 Å². The monoisotopic (exact) mass is 1120 g/mol. The Hall–Kier alpha value is -4.50. The molecule has 4 rings (SSSR count). The number of nitrogens with zero attached hydrogens (tertiary/aromatic N) is 1. The van der Waals surface area contributed by atoms with E-state index < -0.39 is 144 Å². The minimum atomic E-state index is -7.22. The van der Waals surface area contributed by atoms with Gasteiger partial charge >= 0.3 is 0 Å². The quantitative estimate of drug-likeness (QED) is 0.0122. The third kappa shape index (κ3) is 15.4. The van der Waals surface area contributed by atoms with Crippen molar-refractivity contribution >= 4 is 28.0 Å². The normalized spacial score (nSPS) is 12.0. The van der Waals surface area contributed by atoms with Crippen molar-refractivity contribution in [3.05, 3.63) is 116 Å². The third-order valence-corrected chi connectivity index (χ3v) is 13.9. The van der Waals surface area contributed by atoms with Crippen LogP contribution in [0.4, 0.5) is 87.8 Å². The summed E-state index contributed by atoms with van der Waals surface area (Å²) in [6.07, 6.45) is 27.8. The lowest BCUT2D eigenvalue weighted by atomic mass is 9.12. The van der Waals surface area contributed by atoms with E-state index in [1.807, 2.05) is 0 Å². The van der Waals surface area contributed by atoms with Crippen molar-refractivity contribution in [2.45, 2.75) is 168 Å². The molecule has 76 heavy (non-hydrogen) atoms. The first-order valence-electron chi connectivity index (χ1n) is 25.9. The van der Waals surface area contributed by atoms with Gasteiger partial charge in [0.25, 0.3) is 0 Å². The summed E-state index contributed by atoms with van der Waals surface area (Å²) in [5.74, 6) is -71.4. The van der Waals surface area contributed by atoms with E-state index in [9.17, 15) is 52.7 Å². The number of unbranched alkanes of at least 4 members (excludes halogenated alkanes) is 22. The van der Waals surface area contributed by atoms with Gasteiger partial charge in [0.1, 0.15) is 52.7 Å². The fraction of sp³-hybridized carbons (Fsp3) is 0.556. The Morgan fingerprint density at radius 2 is 0.342 bits per heavy atom. The maximum Gasteiger partial charge on any atom is 0.200 e. The van der Waals surface area contributed by atoms with Crippen molar-refractivity contribution in [2.75, 3.05) is 27.2 Å². The molecule has 0 amide bonds. The van der Waals surface area contributed by atoms with Gasteiger partial charge in [0, 0.05) is 0 Å². The van der Waals surface area contributed by atoms with Gasteiger partial charge in [0.15, 0.2) is 69.8 Å². The van der Waals surface area contributed by atoms with Crippen LogP contribution in [0.5, 0.6) is 0 Å². The standard InChI is InChI=1S/C30H64N.C24BF20/c1-5-7-9-11-13-15-16-17-18-19-20-21-22-24-26-28-30-31(3,4)29-27-25-23-14-12-10-8-6-2;26-5-1(6(27)14(35)21(42)13(5)34)25(2-7(28)15(36)22(43)16(37)8(2)29,3-9(30)17(38)23(44)18(39)10(3)31)4-11(32)19(40)24(45)20(41)12(4)33/h5-30H2,1-4H3;/q+1;-1. The average Bonchev–Trinajstić information content (AvgIpc) is 3.39. The van der Waals surface area contributed by atoms with Crippen LogP contribution < -0.4 is 21.9 Å². The van der Waals surface area contributed by atoms with Crippen molar-refractivity contribution in [3.63, 3.8) is 0 Å². The van der Waals surface area contributed by atoms with Gasteiger partial charge in [0.05, 0.1) is 27.2 Å². The number of halogens is 20. The number of hydrogen-bond acceptors (Lipinski definition) is 0. The SMILES string of the molecule is CCCCCCCCCCCCCCCCCC[N+](C)(C)CCCCCCCCCC.Fc1c(F)c(F)c([B-](c2c(F)c(F)c(F)c(F)c2F)(c2c(F)c(F)c(F)c(F)c2F)c2c(F)c(F)c(F)c(F)c2F)c(F)c1F. The lowest BCUT2D eigenvalue weighted by molar-refractivity contribution is -0.890. The largest absolute Gasteiger partial charge is 0.328 e. The van der Waals surface area contributed by atoms with E-state index in [4.69, 9.17) is 0 Å². The fourth-order valence-electron chi connectivity index (χ4n) is 9.75. The van der Waals surface area contributed by atoms with E-state index in [2.05, 4.69) is 27.9 Å². The Morgan fingerprint density at radius 1 is 0.211 bits per heavy atom. The van der Waals surface area contributed by atoms with Gasteiger partial charge in [0.2, 0.25) is 0 Å². The van der Waals surface area contributed by atoms with Crippen molar-refractivity contribution in [3.8, 4) is 0 Å². The zero-order valence-corrected chi connectivity index (χ0v) is 43.0. The van der Waals surface area contributed by atoms with E-state index in [0.29, 0.717) is 0 Å². The van der Waals surface area contributed by atoms with Crippen LogP contribution in [0, 0.1) is 116 Å². The number of rotatable bonds is 30. The highest BCUT2D eigenvalue weighted by Crippen LogP contribution is 2.31. The summed E-state index contributed by atoms with van der Waals surface area (Å²) >= 11 is 0. The molecule has 0 aliphatic heterocycles. The first-order valence-corrected chi connectivity index (χ1v) is 25.9. The van der Waals surface area contributed by atoms with Crippen LogP contribution in [-0.2, 0) is 0 Å². The molecule has 0 radical (unpaired) electrons. The molecule has 0 saturated heterocycles. The molecule has 428 valence electrons. The van der Waals surface area contributed by atoms with Crippen LogP contribution in [0.25, 0.3) is 0 Å². The molecular formula is C54H64BF20N. The predicted molar refractivity (Wildman–Crippen MR) is 253 cm³/mol. The van der Waals surface area contributed by atoms with Crippen molar-refractivity contribution in [1.29, 1.82) is 0 Å². The maximum atomic E-state index is 15.4. The summed E-state index contributed by atoms with van der Waals surface area (Å²) in [5.41, 5.74) is -14.3. The van der Waals surface area contributed by atoms with Gasteiger partial charge in [-0.3, -0.25) is 0 Å². The topological polar surface area (TPSA) is 0 Å². The third-order valence-electron chi connectivity index (χ3n) is 13.9. The van der Waals surface area contributed by atoms with Crippen LogP contribution in [0.2, 0.25) is 0 Å². The van der Waals surface area contributed by atoms with E-state index in [-0.39, 0.29) is 0 Å². The predicted octanol–water partition coefficient (Wildman–Crippen LogP) is 16.3. The van der Waals surface area contributed by atoms with Crippen LogP contribution in [0.3, 0.4) is 0 Å². The Kier molecular flexibility index (Phi) is 26.5. The molecule has 0 aromatic heterocycles. The highest BCUT2D eigenvalue weighted by atomic mass is 19.2. The fourth-order valence-corrected chi connectivity index (χ4v) is 9.75. The Balaban J connectivity index is 0.000000432. The zero-order chi connectivity index (χ0) is 57.2. The molecular weight excluding hydrogens is 1050 g/mol. The smallest absolute Gasteiger partial charge is 0.200 e. The lowest BCUT2D eigenvalue weighted by Crippen LogP contribution is -2.81. The molecule has 0 bridgehead atoms. The molecule has 0 aliphatic rings. The van der Waals surface area contributed by atoms with E-state index in [1.165, 1.54) is 172 Å². The minimum absolute atomic E-state index is 1.24. The summed E-state index contributed by atoms with van der Waals surface area (Å²) in [7, 11) is 4.90. The Labute approximate surface area is 430 Å². The second-order valence-electron chi connectivity index (χ2n) is 20.0.